The maximum atomic E-state index is 13.2. The molecule has 0 aromatic carbocycles. The number of imide groups is 1. The summed E-state index contributed by atoms with van der Waals surface area (Å²) in [4.78, 5) is 37.8. The van der Waals surface area contributed by atoms with Crippen molar-refractivity contribution < 1.29 is 38.1 Å². The van der Waals surface area contributed by atoms with Crippen molar-refractivity contribution in [1.82, 2.24) is 10.2 Å². The van der Waals surface area contributed by atoms with Crippen molar-refractivity contribution in [1.29, 1.82) is 0 Å². The molecule has 36 heavy (non-hydrogen) atoms. The van der Waals surface area contributed by atoms with Crippen molar-refractivity contribution >= 4 is 29.7 Å². The minimum absolute atomic E-state index is 0.0353. The predicted molar refractivity (Wildman–Crippen MR) is 130 cm³/mol. The number of epoxide rings is 2. The summed E-state index contributed by atoms with van der Waals surface area (Å²) in [6.45, 7) is 7.37. The molecule has 0 bridgehead atoms. The van der Waals surface area contributed by atoms with E-state index in [1.165, 1.54) is 5.57 Å². The second-order valence-corrected chi connectivity index (χ2v) is 10.8. The number of rotatable bonds is 8. The number of nitrogens with zero attached hydrogens (tertiary/aromatic N) is 1. The number of alkyl halides is 1. The smallest absolute Gasteiger partial charge is 0.413 e. The highest BCUT2D eigenvalue weighted by molar-refractivity contribution is 6.28. The molecule has 202 valence electrons. The van der Waals surface area contributed by atoms with Gasteiger partial charge in [0.05, 0.1) is 24.7 Å². The standard InChI is InChI=1S/C25H37ClN2O8/c1-15(2)7-8-18-24(3,36-18)21-20(32-4)17(9-10-25(21)14-34-25)35-23(31)28-11-5-6-16(28)13-33-22(30)27-19(29)12-26/h7,16-18,20-21H,5-6,8-14H2,1-4H3,(H,27,29,30)/t16-,17?,18+,20?,21?,24?,25-/m0/s1. The van der Waals surface area contributed by atoms with Gasteiger partial charge in [-0.15, -0.1) is 11.6 Å². The quantitative estimate of drug-likeness (QED) is 0.290. The van der Waals surface area contributed by atoms with Crippen molar-refractivity contribution in [3.8, 4) is 0 Å². The summed E-state index contributed by atoms with van der Waals surface area (Å²) in [6, 6.07) is -0.328. The fraction of sp³-hybridized carbons (Fsp3) is 0.800. The van der Waals surface area contributed by atoms with E-state index in [1.807, 2.05) is 5.32 Å². The Labute approximate surface area is 216 Å². The number of carbonyl (C=O) groups is 3. The van der Waals surface area contributed by atoms with Crippen LogP contribution in [-0.4, -0.2) is 91.3 Å². The van der Waals surface area contributed by atoms with E-state index < -0.39 is 29.8 Å². The molecule has 3 aliphatic heterocycles. The van der Waals surface area contributed by atoms with Gasteiger partial charge >= 0.3 is 12.2 Å². The van der Waals surface area contributed by atoms with E-state index in [4.69, 9.17) is 35.3 Å². The Kier molecular flexibility index (Phi) is 8.19. The minimum Gasteiger partial charge on any atom is -0.447 e. The van der Waals surface area contributed by atoms with E-state index in [1.54, 1.807) is 12.0 Å². The molecule has 7 atom stereocenters. The SMILES string of the molecule is COC1C(OC(=O)N2CCC[C@H]2COC(=O)NC(=O)CCl)CC[C@]2(CO2)C1C1(C)O[C@@H]1CC=C(C)C. The fourth-order valence-corrected chi connectivity index (χ4v) is 5.94. The highest BCUT2D eigenvalue weighted by Crippen LogP contribution is 2.59. The summed E-state index contributed by atoms with van der Waals surface area (Å²) in [6.07, 6.45) is 3.76. The number of ether oxygens (including phenoxy) is 5. The van der Waals surface area contributed by atoms with Crippen LogP contribution in [0.2, 0.25) is 0 Å². The molecule has 3 saturated heterocycles. The second-order valence-electron chi connectivity index (χ2n) is 10.6. The predicted octanol–water partition coefficient (Wildman–Crippen LogP) is 3.16. The number of hydrogen-bond acceptors (Lipinski definition) is 8. The highest BCUT2D eigenvalue weighted by atomic mass is 35.5. The third-order valence-corrected chi connectivity index (χ3v) is 8.11. The van der Waals surface area contributed by atoms with Crippen molar-refractivity contribution in [2.75, 3.05) is 32.7 Å². The number of amides is 3. The van der Waals surface area contributed by atoms with Crippen molar-refractivity contribution in [3.63, 3.8) is 0 Å². The van der Waals surface area contributed by atoms with Gasteiger partial charge in [0.1, 0.15) is 35.9 Å². The summed E-state index contributed by atoms with van der Waals surface area (Å²) >= 11 is 5.39. The van der Waals surface area contributed by atoms with Gasteiger partial charge in [-0.2, -0.15) is 0 Å². The van der Waals surface area contributed by atoms with Crippen LogP contribution in [0, 0.1) is 5.92 Å². The molecule has 0 radical (unpaired) electrons. The normalized spacial score (nSPS) is 36.8. The van der Waals surface area contributed by atoms with Gasteiger partial charge < -0.3 is 28.6 Å². The van der Waals surface area contributed by atoms with Crippen LogP contribution in [0.15, 0.2) is 11.6 Å². The second kappa shape index (κ2) is 10.8. The lowest BCUT2D eigenvalue weighted by molar-refractivity contribution is -0.122. The van der Waals surface area contributed by atoms with Crippen LogP contribution in [-0.2, 0) is 28.5 Å². The van der Waals surface area contributed by atoms with Gasteiger partial charge in [0.2, 0.25) is 5.91 Å². The molecule has 4 rings (SSSR count). The Hall–Kier alpha value is -1.88. The third-order valence-electron chi connectivity index (χ3n) is 7.87. The van der Waals surface area contributed by atoms with Crippen molar-refractivity contribution in [2.24, 2.45) is 5.92 Å². The van der Waals surface area contributed by atoms with E-state index in [-0.39, 0.29) is 42.3 Å². The average molecular weight is 529 g/mol. The highest BCUT2D eigenvalue weighted by Gasteiger charge is 2.72. The topological polar surface area (TPSA) is 119 Å². The van der Waals surface area contributed by atoms with Gasteiger partial charge in [-0.1, -0.05) is 11.6 Å². The summed E-state index contributed by atoms with van der Waals surface area (Å²) < 4.78 is 29.3. The molecule has 4 aliphatic rings. The first-order valence-corrected chi connectivity index (χ1v) is 13.1. The Morgan fingerprint density at radius 1 is 1.25 bits per heavy atom. The van der Waals surface area contributed by atoms with Gasteiger partial charge in [-0.3, -0.25) is 10.1 Å². The Balaban J connectivity index is 1.38. The summed E-state index contributed by atoms with van der Waals surface area (Å²) in [7, 11) is 1.64. The zero-order valence-electron chi connectivity index (χ0n) is 21.4. The first-order chi connectivity index (χ1) is 17.1. The molecule has 3 amide bonds. The van der Waals surface area contributed by atoms with Crippen LogP contribution >= 0.6 is 11.6 Å². The van der Waals surface area contributed by atoms with Crippen LogP contribution in [0.25, 0.3) is 0 Å². The molecule has 3 heterocycles. The van der Waals surface area contributed by atoms with E-state index in [0.29, 0.717) is 26.0 Å². The number of likely N-dealkylation sites (tertiary alicyclic amines) is 1. The summed E-state index contributed by atoms with van der Waals surface area (Å²) in [5, 5.41) is 2.02. The van der Waals surface area contributed by atoms with Gasteiger partial charge in [0.25, 0.3) is 0 Å². The van der Waals surface area contributed by atoms with E-state index in [9.17, 15) is 14.4 Å². The molecular weight excluding hydrogens is 492 g/mol. The first kappa shape index (κ1) is 27.2. The lowest BCUT2D eigenvalue weighted by Crippen LogP contribution is -2.56. The Morgan fingerprint density at radius 3 is 2.64 bits per heavy atom. The molecule has 4 fully saturated rings. The molecule has 4 unspecified atom stereocenters. The van der Waals surface area contributed by atoms with E-state index in [2.05, 4.69) is 26.8 Å². The zero-order chi connectivity index (χ0) is 26.1. The number of allylic oxidation sites excluding steroid dienone is 1. The lowest BCUT2D eigenvalue weighted by Gasteiger charge is -2.43. The van der Waals surface area contributed by atoms with E-state index in [0.717, 1.165) is 19.3 Å². The number of alkyl carbamates (subject to hydrolysis) is 1. The van der Waals surface area contributed by atoms with Gasteiger partial charge in [-0.25, -0.2) is 9.59 Å². The van der Waals surface area contributed by atoms with Crippen LogP contribution < -0.4 is 5.32 Å². The van der Waals surface area contributed by atoms with Gasteiger partial charge in [0, 0.05) is 13.7 Å². The molecule has 1 saturated carbocycles. The molecular formula is C25H37ClN2O8. The monoisotopic (exact) mass is 528 g/mol. The molecule has 1 spiro atoms. The molecule has 10 nitrogen and oxygen atoms in total. The van der Waals surface area contributed by atoms with E-state index >= 15 is 0 Å². The van der Waals surface area contributed by atoms with Gasteiger partial charge in [0.15, 0.2) is 0 Å². The number of carbonyl (C=O) groups excluding carboxylic acids is 3. The van der Waals surface area contributed by atoms with Gasteiger partial charge in [-0.05, 0) is 52.9 Å². The zero-order valence-corrected chi connectivity index (χ0v) is 22.2. The number of hydrogen-bond donors (Lipinski definition) is 1. The van der Waals surface area contributed by atoms with Crippen LogP contribution in [0.4, 0.5) is 9.59 Å². The number of methoxy groups -OCH3 is 1. The largest absolute Gasteiger partial charge is 0.447 e. The Morgan fingerprint density at radius 2 is 2.00 bits per heavy atom. The molecule has 11 heteroatoms. The number of halogens is 1. The van der Waals surface area contributed by atoms with Crippen LogP contribution in [0.3, 0.4) is 0 Å². The minimum atomic E-state index is -0.884. The third kappa shape index (κ3) is 5.66. The molecule has 1 aliphatic carbocycles. The maximum Gasteiger partial charge on any atom is 0.413 e. The molecule has 0 aromatic heterocycles. The summed E-state index contributed by atoms with van der Waals surface area (Å²) in [5.74, 6) is -1.04. The lowest BCUT2D eigenvalue weighted by atomic mass is 9.68. The number of nitrogens with one attached hydrogen (secondary N) is 1. The average Bonchev–Trinajstić information content (AvgIpc) is 3.69. The van der Waals surface area contributed by atoms with Crippen molar-refractivity contribution in [3.05, 3.63) is 11.6 Å². The first-order valence-electron chi connectivity index (χ1n) is 12.6. The van der Waals surface area contributed by atoms with Crippen LogP contribution in [0.5, 0.6) is 0 Å². The molecule has 0 aromatic rings. The molecule has 1 N–H and O–H groups in total. The fourth-order valence-electron chi connectivity index (χ4n) is 5.87. The summed E-state index contributed by atoms with van der Waals surface area (Å²) in [5.41, 5.74) is 0.540. The Bertz CT molecular complexity index is 889. The van der Waals surface area contributed by atoms with Crippen LogP contribution in [0.1, 0.15) is 52.9 Å². The van der Waals surface area contributed by atoms with Crippen molar-refractivity contribution in [2.45, 2.75) is 88.4 Å². The maximum absolute atomic E-state index is 13.2.